The van der Waals surface area contributed by atoms with Crippen molar-refractivity contribution in [2.45, 2.75) is 13.5 Å². The van der Waals surface area contributed by atoms with Crippen LogP contribution in [0.5, 0.6) is 0 Å². The summed E-state index contributed by atoms with van der Waals surface area (Å²) in [6, 6.07) is 16.8. The molecular formula is C18H14ClNO3. The van der Waals surface area contributed by atoms with Crippen LogP contribution in [0, 0.1) is 0 Å². The van der Waals surface area contributed by atoms with Crippen molar-refractivity contribution in [3.8, 4) is 22.6 Å². The monoisotopic (exact) mass is 327 g/mol. The summed E-state index contributed by atoms with van der Waals surface area (Å²) in [6.07, 6.45) is 0. The minimum atomic E-state index is -0.318. The molecule has 4 nitrogen and oxygen atoms in total. The molecule has 1 aromatic heterocycles. The zero-order chi connectivity index (χ0) is 16.2. The molecule has 3 rings (SSSR count). The molecule has 0 bridgehead atoms. The number of esters is 1. The summed E-state index contributed by atoms with van der Waals surface area (Å²) in [5.74, 6) is 0.334. The number of ether oxygens (including phenoxy) is 1. The number of nitrogens with zero attached hydrogens (tertiary/aromatic N) is 1. The molecule has 2 aromatic carbocycles. The van der Waals surface area contributed by atoms with E-state index in [2.05, 4.69) is 5.16 Å². The maximum absolute atomic E-state index is 11.0. The van der Waals surface area contributed by atoms with Crippen molar-refractivity contribution >= 4 is 17.6 Å². The van der Waals surface area contributed by atoms with Crippen molar-refractivity contribution in [3.63, 3.8) is 0 Å². The SMILES string of the molecule is CC(=O)OCc1ccccc1-c1cc(-c2ccc(Cl)cc2)on1. The summed E-state index contributed by atoms with van der Waals surface area (Å²) < 4.78 is 10.5. The van der Waals surface area contributed by atoms with E-state index in [-0.39, 0.29) is 12.6 Å². The fourth-order valence-corrected chi connectivity index (χ4v) is 2.35. The number of benzene rings is 2. The second-order valence-electron chi connectivity index (χ2n) is 5.02. The number of hydrogen-bond donors (Lipinski definition) is 0. The zero-order valence-electron chi connectivity index (χ0n) is 12.5. The van der Waals surface area contributed by atoms with Crippen LogP contribution in [0.15, 0.2) is 59.1 Å². The van der Waals surface area contributed by atoms with E-state index < -0.39 is 0 Å². The van der Waals surface area contributed by atoms with Gasteiger partial charge in [-0.15, -0.1) is 0 Å². The molecule has 0 aliphatic carbocycles. The Balaban J connectivity index is 1.91. The first-order chi connectivity index (χ1) is 11.1. The molecule has 0 aliphatic rings. The molecule has 0 N–H and O–H groups in total. The molecule has 0 amide bonds. The third-order valence-corrected chi connectivity index (χ3v) is 3.62. The number of rotatable bonds is 4. The summed E-state index contributed by atoms with van der Waals surface area (Å²) >= 11 is 5.89. The zero-order valence-corrected chi connectivity index (χ0v) is 13.2. The number of aromatic nitrogens is 1. The normalized spacial score (nSPS) is 10.5. The van der Waals surface area contributed by atoms with Gasteiger partial charge in [-0.1, -0.05) is 41.0 Å². The van der Waals surface area contributed by atoms with Crippen LogP contribution < -0.4 is 0 Å². The van der Waals surface area contributed by atoms with Crippen LogP contribution in [-0.4, -0.2) is 11.1 Å². The van der Waals surface area contributed by atoms with Gasteiger partial charge in [0.1, 0.15) is 12.3 Å². The lowest BCUT2D eigenvalue weighted by molar-refractivity contribution is -0.142. The molecule has 0 atom stereocenters. The van der Waals surface area contributed by atoms with Gasteiger partial charge in [-0.05, 0) is 29.8 Å². The lowest BCUT2D eigenvalue weighted by Gasteiger charge is -2.06. The van der Waals surface area contributed by atoms with Gasteiger partial charge in [0.2, 0.25) is 0 Å². The Morgan fingerprint density at radius 2 is 1.91 bits per heavy atom. The molecule has 23 heavy (non-hydrogen) atoms. The van der Waals surface area contributed by atoms with Crippen LogP contribution in [0.25, 0.3) is 22.6 Å². The number of carbonyl (C=O) groups is 1. The van der Waals surface area contributed by atoms with Crippen molar-refractivity contribution in [2.24, 2.45) is 0 Å². The first-order valence-corrected chi connectivity index (χ1v) is 7.45. The maximum Gasteiger partial charge on any atom is 0.302 e. The molecule has 1 heterocycles. The van der Waals surface area contributed by atoms with Crippen LogP contribution in [0.4, 0.5) is 0 Å². The highest BCUT2D eigenvalue weighted by atomic mass is 35.5. The Labute approximate surface area is 138 Å². The lowest BCUT2D eigenvalue weighted by Crippen LogP contribution is -2.00. The third-order valence-electron chi connectivity index (χ3n) is 3.36. The molecule has 0 unspecified atom stereocenters. The van der Waals surface area contributed by atoms with Crippen molar-refractivity contribution in [1.82, 2.24) is 5.16 Å². The van der Waals surface area contributed by atoms with Gasteiger partial charge in [-0.3, -0.25) is 4.79 Å². The van der Waals surface area contributed by atoms with E-state index in [0.29, 0.717) is 16.5 Å². The lowest BCUT2D eigenvalue weighted by atomic mass is 10.0. The molecule has 5 heteroatoms. The van der Waals surface area contributed by atoms with Crippen molar-refractivity contribution in [1.29, 1.82) is 0 Å². The largest absolute Gasteiger partial charge is 0.461 e. The molecule has 0 aliphatic heterocycles. The topological polar surface area (TPSA) is 52.3 Å². The van der Waals surface area contributed by atoms with Gasteiger partial charge in [-0.2, -0.15) is 0 Å². The molecule has 0 fully saturated rings. The Bertz CT molecular complexity index is 824. The highest BCUT2D eigenvalue weighted by molar-refractivity contribution is 6.30. The van der Waals surface area contributed by atoms with E-state index in [1.54, 1.807) is 12.1 Å². The molecular weight excluding hydrogens is 314 g/mol. The van der Waals surface area contributed by atoms with E-state index in [4.69, 9.17) is 20.9 Å². The van der Waals surface area contributed by atoms with E-state index in [1.165, 1.54) is 6.92 Å². The van der Waals surface area contributed by atoms with Gasteiger partial charge in [0.25, 0.3) is 0 Å². The summed E-state index contributed by atoms with van der Waals surface area (Å²) in [5.41, 5.74) is 3.33. The van der Waals surface area contributed by atoms with Gasteiger partial charge < -0.3 is 9.26 Å². The van der Waals surface area contributed by atoms with Gasteiger partial charge in [-0.25, -0.2) is 0 Å². The second kappa shape index (κ2) is 6.67. The summed E-state index contributed by atoms with van der Waals surface area (Å²) in [4.78, 5) is 11.0. The molecule has 3 aromatic rings. The number of hydrogen-bond acceptors (Lipinski definition) is 4. The Morgan fingerprint density at radius 1 is 1.17 bits per heavy atom. The highest BCUT2D eigenvalue weighted by Crippen LogP contribution is 2.29. The van der Waals surface area contributed by atoms with Crippen molar-refractivity contribution < 1.29 is 14.1 Å². The fourth-order valence-electron chi connectivity index (χ4n) is 2.23. The second-order valence-corrected chi connectivity index (χ2v) is 5.46. The molecule has 0 spiro atoms. The van der Waals surface area contributed by atoms with Crippen molar-refractivity contribution in [2.75, 3.05) is 0 Å². The quantitative estimate of drug-likeness (QED) is 0.650. The summed E-state index contributed by atoms with van der Waals surface area (Å²) in [6.45, 7) is 1.59. The van der Waals surface area contributed by atoms with E-state index in [1.807, 2.05) is 42.5 Å². The van der Waals surface area contributed by atoms with Crippen LogP contribution in [0.3, 0.4) is 0 Å². The first kappa shape index (κ1) is 15.3. The van der Waals surface area contributed by atoms with Crippen LogP contribution >= 0.6 is 11.6 Å². The third kappa shape index (κ3) is 3.60. The first-order valence-electron chi connectivity index (χ1n) is 7.08. The van der Waals surface area contributed by atoms with Gasteiger partial charge in [0.05, 0.1) is 0 Å². The molecule has 0 radical (unpaired) electrons. The molecule has 116 valence electrons. The number of carbonyl (C=O) groups excluding carboxylic acids is 1. The number of halogens is 1. The average Bonchev–Trinajstić information content (AvgIpc) is 3.03. The smallest absolute Gasteiger partial charge is 0.302 e. The highest BCUT2D eigenvalue weighted by Gasteiger charge is 2.12. The van der Waals surface area contributed by atoms with Gasteiger partial charge in [0, 0.05) is 29.1 Å². The predicted molar refractivity (Wildman–Crippen MR) is 87.9 cm³/mol. The minimum absolute atomic E-state index is 0.203. The predicted octanol–water partition coefficient (Wildman–Crippen LogP) is 4.73. The van der Waals surface area contributed by atoms with E-state index >= 15 is 0 Å². The van der Waals surface area contributed by atoms with Crippen LogP contribution in [0.2, 0.25) is 5.02 Å². The van der Waals surface area contributed by atoms with Crippen molar-refractivity contribution in [3.05, 3.63) is 65.2 Å². The molecule has 0 saturated heterocycles. The maximum atomic E-state index is 11.0. The summed E-state index contributed by atoms with van der Waals surface area (Å²) in [5, 5.41) is 4.79. The van der Waals surface area contributed by atoms with Gasteiger partial charge in [0.15, 0.2) is 5.76 Å². The standard InChI is InChI=1S/C18H14ClNO3/c1-12(21)22-11-14-4-2-3-5-16(14)17-10-18(23-20-17)13-6-8-15(19)9-7-13/h2-10H,11H2,1H3. The molecule has 0 saturated carbocycles. The summed E-state index contributed by atoms with van der Waals surface area (Å²) in [7, 11) is 0. The van der Waals surface area contributed by atoms with Gasteiger partial charge >= 0.3 is 5.97 Å². The van der Waals surface area contributed by atoms with Crippen LogP contribution in [-0.2, 0) is 16.1 Å². The Morgan fingerprint density at radius 3 is 2.65 bits per heavy atom. The minimum Gasteiger partial charge on any atom is -0.461 e. The average molecular weight is 328 g/mol. The Kier molecular flexibility index (Phi) is 4.44. The van der Waals surface area contributed by atoms with Crippen LogP contribution in [0.1, 0.15) is 12.5 Å². The van der Waals surface area contributed by atoms with E-state index in [9.17, 15) is 4.79 Å². The fraction of sp³-hybridized carbons (Fsp3) is 0.111. The van der Waals surface area contributed by atoms with E-state index in [0.717, 1.165) is 16.7 Å². The Hall–Kier alpha value is -2.59.